The first-order chi connectivity index (χ1) is 12.6. The van der Waals surface area contributed by atoms with Crippen LogP contribution in [0.25, 0.3) is 0 Å². The van der Waals surface area contributed by atoms with E-state index in [0.29, 0.717) is 12.1 Å². The van der Waals surface area contributed by atoms with Gasteiger partial charge in [0.2, 0.25) is 0 Å². The zero-order valence-electron chi connectivity index (χ0n) is 14.0. The van der Waals surface area contributed by atoms with E-state index in [1.54, 1.807) is 31.4 Å². The van der Waals surface area contributed by atoms with Crippen molar-refractivity contribution in [1.82, 2.24) is 5.32 Å². The molecule has 2 aromatic carbocycles. The van der Waals surface area contributed by atoms with Gasteiger partial charge < -0.3 is 19.6 Å². The number of amides is 1. The normalized spacial score (nSPS) is 10.8. The second-order valence-corrected chi connectivity index (χ2v) is 5.05. The molecule has 0 atom stereocenters. The van der Waals surface area contributed by atoms with Crippen molar-refractivity contribution in [3.8, 4) is 11.5 Å². The molecule has 0 aliphatic carbocycles. The molecule has 0 saturated carbocycles. The minimum atomic E-state index is -2.94. The van der Waals surface area contributed by atoms with Gasteiger partial charge in [-0.05, 0) is 29.8 Å². The lowest BCUT2D eigenvalue weighted by Gasteiger charge is -2.07. The van der Waals surface area contributed by atoms with Gasteiger partial charge >= 0.3 is 6.61 Å². The molecule has 1 amide bonds. The number of nitrogens with zero attached hydrogens (tertiary/aromatic N) is 1. The van der Waals surface area contributed by atoms with Crippen LogP contribution in [-0.2, 0) is 16.2 Å². The second-order valence-electron chi connectivity index (χ2n) is 5.05. The smallest absolute Gasteiger partial charge is 0.387 e. The number of nitrogens with one attached hydrogen (secondary N) is 1. The van der Waals surface area contributed by atoms with Crippen molar-refractivity contribution in [3.63, 3.8) is 0 Å². The molecule has 8 heteroatoms. The third kappa shape index (κ3) is 6.39. The van der Waals surface area contributed by atoms with Gasteiger partial charge in [-0.15, -0.1) is 0 Å². The van der Waals surface area contributed by atoms with Gasteiger partial charge in [-0.2, -0.15) is 8.78 Å². The van der Waals surface area contributed by atoms with Crippen molar-refractivity contribution in [1.29, 1.82) is 0 Å². The second kappa shape index (κ2) is 9.97. The highest BCUT2D eigenvalue weighted by Gasteiger charge is 2.07. The van der Waals surface area contributed by atoms with Crippen molar-refractivity contribution < 1.29 is 27.9 Å². The van der Waals surface area contributed by atoms with Crippen LogP contribution in [0.1, 0.15) is 11.1 Å². The number of para-hydroxylation sites is 1. The van der Waals surface area contributed by atoms with Gasteiger partial charge in [0, 0.05) is 12.1 Å². The fourth-order valence-corrected chi connectivity index (χ4v) is 1.98. The van der Waals surface area contributed by atoms with Gasteiger partial charge in [0.25, 0.3) is 5.91 Å². The van der Waals surface area contributed by atoms with Crippen LogP contribution in [0.3, 0.4) is 0 Å². The molecule has 1 N–H and O–H groups in total. The first-order valence-electron chi connectivity index (χ1n) is 7.67. The molecule has 0 fully saturated rings. The number of halogens is 2. The fraction of sp³-hybridized carbons (Fsp3) is 0.222. The summed E-state index contributed by atoms with van der Waals surface area (Å²) in [6.07, 6.45) is 1.20. The van der Waals surface area contributed by atoms with Crippen LogP contribution in [-0.4, -0.2) is 32.4 Å². The van der Waals surface area contributed by atoms with E-state index in [9.17, 15) is 13.6 Å². The van der Waals surface area contributed by atoms with Crippen LogP contribution in [0.5, 0.6) is 11.5 Å². The lowest BCUT2D eigenvalue weighted by molar-refractivity contribution is -0.125. The van der Waals surface area contributed by atoms with E-state index >= 15 is 0 Å². The average Bonchev–Trinajstić information content (AvgIpc) is 2.64. The van der Waals surface area contributed by atoms with Crippen molar-refractivity contribution in [2.45, 2.75) is 13.2 Å². The third-order valence-corrected chi connectivity index (χ3v) is 3.25. The zero-order valence-corrected chi connectivity index (χ0v) is 14.0. The van der Waals surface area contributed by atoms with E-state index in [1.165, 1.54) is 18.3 Å². The number of ether oxygens (including phenoxy) is 2. The number of hydrogen-bond donors (Lipinski definition) is 1. The van der Waals surface area contributed by atoms with E-state index in [4.69, 9.17) is 9.57 Å². The maximum Gasteiger partial charge on any atom is 0.387 e. The van der Waals surface area contributed by atoms with Gasteiger partial charge in [-0.1, -0.05) is 29.4 Å². The summed E-state index contributed by atoms with van der Waals surface area (Å²) in [5.74, 6) is 0.336. The Morgan fingerprint density at radius 3 is 2.62 bits per heavy atom. The maximum absolute atomic E-state index is 12.3. The van der Waals surface area contributed by atoms with Crippen molar-refractivity contribution in [2.75, 3.05) is 13.7 Å². The predicted molar refractivity (Wildman–Crippen MR) is 91.5 cm³/mol. The number of alkyl halides is 2. The molecule has 2 aromatic rings. The Bertz CT molecular complexity index is 736. The molecule has 0 spiro atoms. The predicted octanol–water partition coefficient (Wildman–Crippen LogP) is 2.96. The SMILES string of the molecule is COc1ccc(CNC(=O)CO/N=C/c2ccccc2OC(F)F)cc1. The van der Waals surface area contributed by atoms with Crippen LogP contribution in [0.2, 0.25) is 0 Å². The average molecular weight is 364 g/mol. The molecule has 0 radical (unpaired) electrons. The fourth-order valence-electron chi connectivity index (χ4n) is 1.98. The highest BCUT2D eigenvalue weighted by atomic mass is 19.3. The van der Waals surface area contributed by atoms with Gasteiger partial charge in [-0.3, -0.25) is 4.79 Å². The molecular weight excluding hydrogens is 346 g/mol. The molecule has 0 saturated heterocycles. The van der Waals surface area contributed by atoms with Gasteiger partial charge in [-0.25, -0.2) is 0 Å². The van der Waals surface area contributed by atoms with E-state index in [0.717, 1.165) is 11.3 Å². The lowest BCUT2D eigenvalue weighted by atomic mass is 10.2. The Labute approximate surface area is 149 Å². The molecule has 2 rings (SSSR count). The molecule has 0 aromatic heterocycles. The molecule has 0 unspecified atom stereocenters. The summed E-state index contributed by atoms with van der Waals surface area (Å²) in [5, 5.41) is 6.27. The number of carbonyl (C=O) groups is 1. The molecule has 0 aliphatic rings. The summed E-state index contributed by atoms with van der Waals surface area (Å²) in [7, 11) is 1.58. The van der Waals surface area contributed by atoms with Gasteiger partial charge in [0.15, 0.2) is 6.61 Å². The van der Waals surface area contributed by atoms with E-state index in [1.807, 2.05) is 12.1 Å². The summed E-state index contributed by atoms with van der Waals surface area (Å²) >= 11 is 0. The largest absolute Gasteiger partial charge is 0.497 e. The molecule has 0 heterocycles. The monoisotopic (exact) mass is 364 g/mol. The quantitative estimate of drug-likeness (QED) is 0.549. The molecule has 138 valence electrons. The Balaban J connectivity index is 1.76. The molecule has 26 heavy (non-hydrogen) atoms. The van der Waals surface area contributed by atoms with Crippen LogP contribution < -0.4 is 14.8 Å². The standard InChI is InChI=1S/C18H18F2N2O4/c1-24-15-8-6-13(7-9-15)10-21-17(23)12-25-22-11-14-4-2-3-5-16(14)26-18(19)20/h2-9,11,18H,10,12H2,1H3,(H,21,23)/b22-11+. The van der Waals surface area contributed by atoms with Crippen molar-refractivity contribution in [2.24, 2.45) is 5.16 Å². The summed E-state index contributed by atoms with van der Waals surface area (Å²) in [6, 6.07) is 13.4. The molecule has 0 aliphatic heterocycles. The summed E-state index contributed by atoms with van der Waals surface area (Å²) in [5.41, 5.74) is 1.21. The topological polar surface area (TPSA) is 69.2 Å². The van der Waals surface area contributed by atoms with Crippen molar-refractivity contribution >= 4 is 12.1 Å². The zero-order chi connectivity index (χ0) is 18.8. The van der Waals surface area contributed by atoms with Crippen LogP contribution in [0.15, 0.2) is 53.7 Å². The van der Waals surface area contributed by atoms with Crippen LogP contribution in [0.4, 0.5) is 8.78 Å². The highest BCUT2D eigenvalue weighted by Crippen LogP contribution is 2.18. The van der Waals surface area contributed by atoms with Crippen molar-refractivity contribution in [3.05, 3.63) is 59.7 Å². The minimum absolute atomic E-state index is 0.0289. The third-order valence-electron chi connectivity index (χ3n) is 3.25. The number of oxime groups is 1. The van der Waals surface area contributed by atoms with Gasteiger partial charge in [0.1, 0.15) is 11.5 Å². The number of rotatable bonds is 9. The van der Waals surface area contributed by atoms with E-state index in [2.05, 4.69) is 15.2 Å². The molecule has 6 nitrogen and oxygen atoms in total. The number of carbonyl (C=O) groups excluding carboxylic acids is 1. The lowest BCUT2D eigenvalue weighted by Crippen LogP contribution is -2.26. The number of benzene rings is 2. The Morgan fingerprint density at radius 2 is 1.92 bits per heavy atom. The summed E-state index contributed by atoms with van der Waals surface area (Å²) < 4.78 is 34.0. The highest BCUT2D eigenvalue weighted by molar-refractivity contribution is 5.83. The summed E-state index contributed by atoms with van der Waals surface area (Å²) in [4.78, 5) is 16.6. The van der Waals surface area contributed by atoms with Crippen LogP contribution in [0, 0.1) is 0 Å². The number of hydrogen-bond acceptors (Lipinski definition) is 5. The first-order valence-corrected chi connectivity index (χ1v) is 7.67. The number of methoxy groups -OCH3 is 1. The van der Waals surface area contributed by atoms with Crippen LogP contribution >= 0.6 is 0 Å². The first kappa shape index (κ1) is 19.2. The summed E-state index contributed by atoms with van der Waals surface area (Å²) in [6.45, 7) is -2.90. The Hall–Kier alpha value is -3.16. The van der Waals surface area contributed by atoms with E-state index in [-0.39, 0.29) is 18.3 Å². The molecule has 0 bridgehead atoms. The Kier molecular flexibility index (Phi) is 7.35. The maximum atomic E-state index is 12.3. The minimum Gasteiger partial charge on any atom is -0.497 e. The van der Waals surface area contributed by atoms with Gasteiger partial charge in [0.05, 0.1) is 13.3 Å². The Morgan fingerprint density at radius 1 is 1.19 bits per heavy atom. The van der Waals surface area contributed by atoms with E-state index < -0.39 is 6.61 Å². The molecular formula is C18H18F2N2O4.